The summed E-state index contributed by atoms with van der Waals surface area (Å²) >= 11 is 0. The minimum Gasteiger partial charge on any atom is -0.497 e. The molecule has 3 N–H and O–H groups in total. The normalized spacial score (nSPS) is 16.2. The first kappa shape index (κ1) is 12.5. The van der Waals surface area contributed by atoms with Gasteiger partial charge in [0.1, 0.15) is 11.5 Å². The molecule has 18 heavy (non-hydrogen) atoms. The molecule has 1 fully saturated rings. The lowest BCUT2D eigenvalue weighted by molar-refractivity contribution is 0.180. The Kier molecular flexibility index (Phi) is 3.92. The van der Waals surface area contributed by atoms with Crippen molar-refractivity contribution in [2.75, 3.05) is 13.7 Å². The third kappa shape index (κ3) is 2.85. The maximum Gasteiger partial charge on any atom is 0.170 e. The lowest BCUT2D eigenvalue weighted by Crippen LogP contribution is -2.19. The summed E-state index contributed by atoms with van der Waals surface area (Å²) in [6, 6.07) is 5.24. The number of methoxy groups -OCH3 is 1. The van der Waals surface area contributed by atoms with Gasteiger partial charge >= 0.3 is 0 Å². The molecular formula is C13H18N2O3. The fourth-order valence-electron chi connectivity index (χ4n) is 1.85. The highest BCUT2D eigenvalue weighted by Crippen LogP contribution is 2.28. The van der Waals surface area contributed by atoms with E-state index in [1.807, 2.05) is 0 Å². The first-order valence-electron chi connectivity index (χ1n) is 6.02. The molecular weight excluding hydrogens is 232 g/mol. The predicted molar refractivity (Wildman–Crippen MR) is 68.3 cm³/mol. The van der Waals surface area contributed by atoms with Gasteiger partial charge in [0.05, 0.1) is 13.7 Å². The van der Waals surface area contributed by atoms with Gasteiger partial charge in [-0.25, -0.2) is 0 Å². The number of benzene rings is 1. The smallest absolute Gasteiger partial charge is 0.170 e. The molecule has 1 aliphatic rings. The van der Waals surface area contributed by atoms with Crippen LogP contribution in [0.4, 0.5) is 0 Å². The molecule has 1 aromatic carbocycles. The maximum atomic E-state index is 8.69. The Morgan fingerprint density at radius 1 is 1.39 bits per heavy atom. The van der Waals surface area contributed by atoms with Crippen molar-refractivity contribution in [1.82, 2.24) is 0 Å². The molecule has 0 amide bonds. The van der Waals surface area contributed by atoms with Crippen LogP contribution >= 0.6 is 0 Å². The van der Waals surface area contributed by atoms with Gasteiger partial charge in [0.25, 0.3) is 0 Å². The van der Waals surface area contributed by atoms with E-state index in [1.54, 1.807) is 25.3 Å². The molecule has 0 atom stereocenters. The summed E-state index contributed by atoms with van der Waals surface area (Å²) in [4.78, 5) is 0. The fourth-order valence-corrected chi connectivity index (χ4v) is 1.85. The molecule has 0 aliphatic heterocycles. The predicted octanol–water partition coefficient (Wildman–Crippen LogP) is 1.97. The van der Waals surface area contributed by atoms with Gasteiger partial charge < -0.3 is 20.4 Å². The molecule has 0 saturated heterocycles. The monoisotopic (exact) mass is 250 g/mol. The molecule has 5 nitrogen and oxygen atoms in total. The van der Waals surface area contributed by atoms with Crippen LogP contribution < -0.4 is 15.2 Å². The van der Waals surface area contributed by atoms with Crippen molar-refractivity contribution < 1.29 is 14.7 Å². The summed E-state index contributed by atoms with van der Waals surface area (Å²) in [7, 11) is 1.57. The van der Waals surface area contributed by atoms with E-state index in [4.69, 9.17) is 20.4 Å². The minimum atomic E-state index is 0.0439. The Balaban J connectivity index is 2.12. The molecule has 0 aromatic heterocycles. The summed E-state index contributed by atoms with van der Waals surface area (Å²) in [5.41, 5.74) is 6.15. The Morgan fingerprint density at radius 2 is 2.11 bits per heavy atom. The highest BCUT2D eigenvalue weighted by molar-refractivity contribution is 5.97. The maximum absolute atomic E-state index is 8.69. The number of amidine groups is 1. The summed E-state index contributed by atoms with van der Waals surface area (Å²) < 4.78 is 10.9. The number of hydrogen-bond acceptors (Lipinski definition) is 4. The molecule has 0 spiro atoms. The summed E-state index contributed by atoms with van der Waals surface area (Å²) in [5.74, 6) is 2.01. The quantitative estimate of drug-likeness (QED) is 0.362. The van der Waals surface area contributed by atoms with Gasteiger partial charge in [-0.05, 0) is 30.9 Å². The van der Waals surface area contributed by atoms with Crippen LogP contribution in [0.5, 0.6) is 11.5 Å². The van der Waals surface area contributed by atoms with Crippen LogP contribution in [0, 0.1) is 5.92 Å². The Hall–Kier alpha value is -1.91. The average Bonchev–Trinajstić information content (AvgIpc) is 2.35. The SMILES string of the molecule is COc1cc(OCC2CCC2)cc(/C(N)=N/O)c1. The van der Waals surface area contributed by atoms with Crippen LogP contribution in [-0.4, -0.2) is 24.8 Å². The molecule has 98 valence electrons. The van der Waals surface area contributed by atoms with E-state index in [1.165, 1.54) is 19.3 Å². The number of oxime groups is 1. The Morgan fingerprint density at radius 3 is 2.67 bits per heavy atom. The van der Waals surface area contributed by atoms with E-state index in [9.17, 15) is 0 Å². The van der Waals surface area contributed by atoms with Gasteiger partial charge in [0.15, 0.2) is 5.84 Å². The lowest BCUT2D eigenvalue weighted by Gasteiger charge is -2.25. The zero-order valence-electron chi connectivity index (χ0n) is 10.4. The highest BCUT2D eigenvalue weighted by atomic mass is 16.5. The number of rotatable bonds is 5. The summed E-state index contributed by atoms with van der Waals surface area (Å²) in [5, 5.41) is 11.7. The van der Waals surface area contributed by atoms with Crippen LogP contribution in [0.1, 0.15) is 24.8 Å². The molecule has 5 heteroatoms. The van der Waals surface area contributed by atoms with Crippen molar-refractivity contribution in [3.8, 4) is 11.5 Å². The summed E-state index contributed by atoms with van der Waals surface area (Å²) in [6.07, 6.45) is 3.76. The van der Waals surface area contributed by atoms with Gasteiger partial charge in [0, 0.05) is 11.6 Å². The van der Waals surface area contributed by atoms with Gasteiger partial charge in [-0.3, -0.25) is 0 Å². The molecule has 1 aromatic rings. The molecule has 0 radical (unpaired) electrons. The zero-order chi connectivity index (χ0) is 13.0. The van der Waals surface area contributed by atoms with Gasteiger partial charge in [-0.2, -0.15) is 0 Å². The third-order valence-electron chi connectivity index (χ3n) is 3.23. The van der Waals surface area contributed by atoms with Crippen molar-refractivity contribution in [3.63, 3.8) is 0 Å². The summed E-state index contributed by atoms with van der Waals surface area (Å²) in [6.45, 7) is 0.711. The van der Waals surface area contributed by atoms with Crippen molar-refractivity contribution in [1.29, 1.82) is 0 Å². The van der Waals surface area contributed by atoms with Crippen LogP contribution in [0.25, 0.3) is 0 Å². The third-order valence-corrected chi connectivity index (χ3v) is 3.23. The van der Waals surface area contributed by atoms with Gasteiger partial charge in [-0.1, -0.05) is 11.6 Å². The largest absolute Gasteiger partial charge is 0.497 e. The van der Waals surface area contributed by atoms with Gasteiger partial charge in [0.2, 0.25) is 0 Å². The molecule has 0 bridgehead atoms. The number of hydrogen-bond donors (Lipinski definition) is 2. The first-order chi connectivity index (χ1) is 8.72. The van der Waals surface area contributed by atoms with E-state index in [-0.39, 0.29) is 5.84 Å². The second-order valence-electron chi connectivity index (χ2n) is 4.49. The lowest BCUT2D eigenvalue weighted by atomic mass is 9.86. The van der Waals surface area contributed by atoms with E-state index in [0.717, 1.165) is 0 Å². The molecule has 1 aliphatic carbocycles. The molecule has 0 unspecified atom stereocenters. The molecule has 1 saturated carbocycles. The number of nitrogens with zero attached hydrogens (tertiary/aromatic N) is 1. The second kappa shape index (κ2) is 5.62. The minimum absolute atomic E-state index is 0.0439. The van der Waals surface area contributed by atoms with E-state index < -0.39 is 0 Å². The Bertz CT molecular complexity index is 442. The van der Waals surface area contributed by atoms with E-state index in [2.05, 4.69) is 5.16 Å². The van der Waals surface area contributed by atoms with E-state index in [0.29, 0.717) is 29.6 Å². The topological polar surface area (TPSA) is 77.1 Å². The standard InChI is InChI=1S/C13H18N2O3/c1-17-11-5-10(13(14)15-16)6-12(7-11)18-8-9-3-2-4-9/h5-7,9,16H,2-4,8H2,1H3,(H2,14,15). The van der Waals surface area contributed by atoms with E-state index >= 15 is 0 Å². The van der Waals surface area contributed by atoms with Crippen LogP contribution in [0.2, 0.25) is 0 Å². The van der Waals surface area contributed by atoms with Crippen molar-refractivity contribution in [2.45, 2.75) is 19.3 Å². The van der Waals surface area contributed by atoms with Crippen molar-refractivity contribution in [2.24, 2.45) is 16.8 Å². The van der Waals surface area contributed by atoms with Crippen LogP contribution in [0.3, 0.4) is 0 Å². The molecule has 0 heterocycles. The Labute approximate surface area is 106 Å². The zero-order valence-corrected chi connectivity index (χ0v) is 10.4. The first-order valence-corrected chi connectivity index (χ1v) is 6.02. The number of ether oxygens (including phenoxy) is 2. The van der Waals surface area contributed by atoms with Crippen LogP contribution in [-0.2, 0) is 0 Å². The average molecular weight is 250 g/mol. The highest BCUT2D eigenvalue weighted by Gasteiger charge is 2.18. The van der Waals surface area contributed by atoms with Crippen LogP contribution in [0.15, 0.2) is 23.4 Å². The number of nitrogens with two attached hydrogens (primary N) is 1. The molecule has 2 rings (SSSR count). The van der Waals surface area contributed by atoms with Crippen molar-refractivity contribution in [3.05, 3.63) is 23.8 Å². The van der Waals surface area contributed by atoms with Gasteiger partial charge in [-0.15, -0.1) is 0 Å². The fraction of sp³-hybridized carbons (Fsp3) is 0.462. The second-order valence-corrected chi connectivity index (χ2v) is 4.49. The van der Waals surface area contributed by atoms with Crippen molar-refractivity contribution >= 4 is 5.84 Å².